The van der Waals surface area contributed by atoms with Gasteiger partial charge in [0.05, 0.1) is 11.2 Å². The van der Waals surface area contributed by atoms with Crippen LogP contribution < -0.4 is 16.0 Å². The molecule has 136 valence electrons. The van der Waals surface area contributed by atoms with Crippen LogP contribution in [0.3, 0.4) is 0 Å². The summed E-state index contributed by atoms with van der Waals surface area (Å²) in [6, 6.07) is 0.185. The predicted octanol–water partition coefficient (Wildman–Crippen LogP) is 0.897. The number of rotatable bonds is 3. The van der Waals surface area contributed by atoms with Crippen molar-refractivity contribution in [2.75, 3.05) is 26.7 Å². The number of nitrogens with zero attached hydrogens (tertiary/aromatic N) is 2. The molecular weight excluding hydrogens is 349 g/mol. The van der Waals surface area contributed by atoms with E-state index < -0.39 is 17.2 Å². The monoisotopic (exact) mass is 369 g/mol. The predicted molar refractivity (Wildman–Crippen MR) is 91.3 cm³/mol. The van der Waals surface area contributed by atoms with Crippen molar-refractivity contribution in [1.29, 1.82) is 0 Å². The highest BCUT2D eigenvalue weighted by molar-refractivity contribution is 6.24. The number of fused-ring (bicyclic) bond motifs is 2. The molecule has 4 rings (SSSR count). The molecule has 7 nitrogen and oxygen atoms in total. The van der Waals surface area contributed by atoms with Gasteiger partial charge in [0.1, 0.15) is 18.0 Å². The molecule has 2 fully saturated rings. The highest BCUT2D eigenvalue weighted by Crippen LogP contribution is 2.39. The topological polar surface area (TPSA) is 78.0 Å². The third-order valence-corrected chi connectivity index (χ3v) is 5.70. The molecule has 0 saturated carbocycles. The highest BCUT2D eigenvalue weighted by atomic mass is 35.5. The Balaban J connectivity index is 1.58. The standard InChI is InChI=1S/C16H21ClFN5O2/c1-19-13-9-11(10(18)12(17)21-14(9)24)20-15(22-13)25-8-16-4-2-6-23(16)7-3-5-16/h12,19H,2-8H2,1H3,(H,20,22)(H,21,24). The van der Waals surface area contributed by atoms with E-state index in [2.05, 4.69) is 25.8 Å². The lowest BCUT2D eigenvalue weighted by molar-refractivity contribution is -0.117. The molecule has 1 atom stereocenters. The van der Waals surface area contributed by atoms with Gasteiger partial charge in [-0.15, -0.1) is 0 Å². The van der Waals surface area contributed by atoms with Crippen molar-refractivity contribution >= 4 is 23.5 Å². The van der Waals surface area contributed by atoms with E-state index in [9.17, 15) is 9.18 Å². The molecule has 0 aromatic heterocycles. The summed E-state index contributed by atoms with van der Waals surface area (Å²) in [6.07, 6.45) is 4.54. The summed E-state index contributed by atoms with van der Waals surface area (Å²) in [6.45, 7) is 2.70. The van der Waals surface area contributed by atoms with Gasteiger partial charge in [0.25, 0.3) is 11.9 Å². The zero-order chi connectivity index (χ0) is 17.6. The average molecular weight is 370 g/mol. The molecule has 1 unspecified atom stereocenters. The Labute approximate surface area is 150 Å². The Hall–Kier alpha value is -1.80. The second-order valence-electron chi connectivity index (χ2n) is 6.78. The first kappa shape index (κ1) is 16.7. The molecule has 9 heteroatoms. The van der Waals surface area contributed by atoms with Crippen LogP contribution >= 0.6 is 11.6 Å². The molecule has 0 spiro atoms. The van der Waals surface area contributed by atoms with Gasteiger partial charge in [0.15, 0.2) is 11.3 Å². The van der Waals surface area contributed by atoms with E-state index >= 15 is 0 Å². The van der Waals surface area contributed by atoms with Crippen LogP contribution in [0.1, 0.15) is 25.7 Å². The van der Waals surface area contributed by atoms with E-state index in [1.54, 1.807) is 7.05 Å². The van der Waals surface area contributed by atoms with E-state index in [0.717, 1.165) is 25.9 Å². The Morgan fingerprint density at radius 2 is 2.16 bits per heavy atom. The van der Waals surface area contributed by atoms with Gasteiger partial charge in [-0.2, -0.15) is 4.99 Å². The fraction of sp³-hybridized carbons (Fsp3) is 0.625. The van der Waals surface area contributed by atoms with Crippen LogP contribution in [-0.4, -0.2) is 54.6 Å². The van der Waals surface area contributed by atoms with E-state index in [0.29, 0.717) is 6.61 Å². The van der Waals surface area contributed by atoms with Crippen LogP contribution in [0.15, 0.2) is 27.9 Å². The summed E-state index contributed by atoms with van der Waals surface area (Å²) in [5.41, 5.74) is -1.02. The van der Waals surface area contributed by atoms with Gasteiger partial charge >= 0.3 is 0 Å². The summed E-state index contributed by atoms with van der Waals surface area (Å²) >= 11 is 5.84. The van der Waals surface area contributed by atoms with Crippen LogP contribution in [0, 0.1) is 0 Å². The average Bonchev–Trinajstić information content (AvgIpc) is 3.17. The molecule has 4 aliphatic rings. The molecule has 25 heavy (non-hydrogen) atoms. The van der Waals surface area contributed by atoms with Gasteiger partial charge in [-0.05, 0) is 38.8 Å². The minimum Gasteiger partial charge on any atom is -0.463 e. The number of hydrogen-bond acceptors (Lipinski definition) is 6. The molecule has 0 aliphatic carbocycles. The summed E-state index contributed by atoms with van der Waals surface area (Å²) in [5.74, 6) is -0.874. The maximum Gasteiger partial charge on any atom is 0.296 e. The lowest BCUT2D eigenvalue weighted by Gasteiger charge is -2.33. The molecule has 0 aromatic carbocycles. The maximum atomic E-state index is 14.4. The van der Waals surface area contributed by atoms with Gasteiger partial charge in [-0.25, -0.2) is 4.39 Å². The molecule has 3 N–H and O–H groups in total. The zero-order valence-corrected chi connectivity index (χ0v) is 14.7. The second-order valence-corrected chi connectivity index (χ2v) is 7.22. The number of amides is 1. The Morgan fingerprint density at radius 3 is 2.84 bits per heavy atom. The van der Waals surface area contributed by atoms with Crippen LogP contribution in [0.5, 0.6) is 0 Å². The number of halogens is 2. The van der Waals surface area contributed by atoms with E-state index in [-0.39, 0.29) is 28.7 Å². The highest BCUT2D eigenvalue weighted by Gasteiger charge is 2.45. The quantitative estimate of drug-likeness (QED) is 0.509. The third-order valence-electron chi connectivity index (χ3n) is 5.40. The van der Waals surface area contributed by atoms with Crippen molar-refractivity contribution in [3.05, 3.63) is 22.9 Å². The number of carbonyl (C=O) groups is 1. The van der Waals surface area contributed by atoms with Crippen molar-refractivity contribution in [2.24, 2.45) is 4.99 Å². The summed E-state index contributed by atoms with van der Waals surface area (Å²) in [4.78, 5) is 18.9. The first-order valence-corrected chi connectivity index (χ1v) is 8.98. The van der Waals surface area contributed by atoms with Gasteiger partial charge < -0.3 is 20.7 Å². The Kier molecular flexibility index (Phi) is 4.11. The number of ether oxygens (including phenoxy) is 1. The zero-order valence-electron chi connectivity index (χ0n) is 14.0. The minimum atomic E-state index is -1.20. The molecule has 0 bridgehead atoms. The molecule has 4 aliphatic heterocycles. The number of hydrogen-bond donors (Lipinski definition) is 3. The van der Waals surface area contributed by atoms with Crippen LogP contribution in [0.25, 0.3) is 0 Å². The lowest BCUT2D eigenvalue weighted by Crippen LogP contribution is -2.48. The van der Waals surface area contributed by atoms with Crippen molar-refractivity contribution in [3.63, 3.8) is 0 Å². The largest absolute Gasteiger partial charge is 0.463 e. The van der Waals surface area contributed by atoms with E-state index in [1.807, 2.05) is 0 Å². The Morgan fingerprint density at radius 1 is 1.44 bits per heavy atom. The summed E-state index contributed by atoms with van der Waals surface area (Å²) in [7, 11) is 1.62. The smallest absolute Gasteiger partial charge is 0.296 e. The van der Waals surface area contributed by atoms with Crippen molar-refractivity contribution in [3.8, 4) is 0 Å². The maximum absolute atomic E-state index is 14.4. The van der Waals surface area contributed by atoms with E-state index in [1.165, 1.54) is 12.8 Å². The molecule has 1 amide bonds. The SMILES string of the molecule is CNC1=C2C(=O)NC(Cl)C(F)=C2NC(OCC23CCCN2CCC3)=N1. The first-order chi connectivity index (χ1) is 12.0. The number of amidine groups is 1. The van der Waals surface area contributed by atoms with Crippen molar-refractivity contribution < 1.29 is 13.9 Å². The van der Waals surface area contributed by atoms with Crippen LogP contribution in [-0.2, 0) is 9.53 Å². The minimum absolute atomic E-state index is 0.0188. The molecule has 0 radical (unpaired) electrons. The van der Waals surface area contributed by atoms with Crippen molar-refractivity contribution in [1.82, 2.24) is 20.9 Å². The van der Waals surface area contributed by atoms with Gasteiger partial charge in [0.2, 0.25) is 0 Å². The lowest BCUT2D eigenvalue weighted by atomic mass is 9.95. The molecule has 4 heterocycles. The molecule has 2 saturated heterocycles. The number of carbonyl (C=O) groups excluding carboxylic acids is 1. The molecular formula is C16H21ClFN5O2. The van der Waals surface area contributed by atoms with Crippen LogP contribution in [0.2, 0.25) is 0 Å². The van der Waals surface area contributed by atoms with Crippen LogP contribution in [0.4, 0.5) is 4.39 Å². The molecule has 0 aromatic rings. The summed E-state index contributed by atoms with van der Waals surface area (Å²) < 4.78 is 20.3. The fourth-order valence-corrected chi connectivity index (χ4v) is 4.37. The third kappa shape index (κ3) is 2.67. The van der Waals surface area contributed by atoms with Gasteiger partial charge in [-0.3, -0.25) is 9.69 Å². The van der Waals surface area contributed by atoms with Gasteiger partial charge in [0, 0.05) is 7.05 Å². The Bertz CT molecular complexity index is 695. The number of nitrogens with one attached hydrogen (secondary N) is 3. The first-order valence-electron chi connectivity index (χ1n) is 8.55. The van der Waals surface area contributed by atoms with Crippen molar-refractivity contribution in [2.45, 2.75) is 36.7 Å². The van der Waals surface area contributed by atoms with Gasteiger partial charge in [-0.1, -0.05) is 11.6 Å². The van der Waals surface area contributed by atoms with E-state index in [4.69, 9.17) is 16.3 Å². The fourth-order valence-electron chi connectivity index (χ4n) is 4.16. The number of alkyl halides is 1. The summed E-state index contributed by atoms with van der Waals surface area (Å²) in [5, 5.41) is 7.98. The number of aliphatic imine (C=N–C) groups is 1. The second kappa shape index (κ2) is 6.17. The normalized spacial score (nSPS) is 28.2.